The Bertz CT molecular complexity index is 1030. The molecule has 0 bridgehead atoms. The molecule has 1 fully saturated rings. The summed E-state index contributed by atoms with van der Waals surface area (Å²) in [6.45, 7) is 9.99. The van der Waals surface area contributed by atoms with Gasteiger partial charge >= 0.3 is 0 Å². The van der Waals surface area contributed by atoms with Gasteiger partial charge in [-0.2, -0.15) is 0 Å². The highest BCUT2D eigenvalue weighted by Gasteiger charge is 2.28. The van der Waals surface area contributed by atoms with Gasteiger partial charge < -0.3 is 9.47 Å². The van der Waals surface area contributed by atoms with Crippen molar-refractivity contribution < 1.29 is 9.18 Å². The molecule has 0 N–H and O–H groups in total. The highest BCUT2D eigenvalue weighted by molar-refractivity contribution is 5.81. The van der Waals surface area contributed by atoms with Crippen LogP contribution in [0, 0.1) is 5.82 Å². The maximum absolute atomic E-state index is 13.4. The molecule has 1 aliphatic rings. The van der Waals surface area contributed by atoms with Crippen LogP contribution >= 0.6 is 0 Å². The van der Waals surface area contributed by atoms with Gasteiger partial charge in [0.15, 0.2) is 0 Å². The molecular weight excluding hydrogens is 393 g/mol. The van der Waals surface area contributed by atoms with Crippen molar-refractivity contribution in [1.82, 2.24) is 24.3 Å². The molecule has 1 aliphatic heterocycles. The number of hydrogen-bond acceptors (Lipinski definition) is 4. The molecule has 4 rings (SSSR count). The Morgan fingerprint density at radius 3 is 2.35 bits per heavy atom. The van der Waals surface area contributed by atoms with Gasteiger partial charge in [0, 0.05) is 55.2 Å². The van der Waals surface area contributed by atoms with E-state index in [2.05, 4.69) is 35.6 Å². The van der Waals surface area contributed by atoms with Gasteiger partial charge in [-0.05, 0) is 57.2 Å². The summed E-state index contributed by atoms with van der Waals surface area (Å²) < 4.78 is 15.3. The normalized spacial score (nSPS) is 15.3. The molecule has 1 saturated heterocycles. The Kier molecular flexibility index (Phi) is 5.87. The van der Waals surface area contributed by atoms with E-state index in [1.54, 1.807) is 30.9 Å². The predicted molar refractivity (Wildman–Crippen MR) is 119 cm³/mol. The molecule has 162 valence electrons. The minimum atomic E-state index is -0.296. The first-order valence-electron chi connectivity index (χ1n) is 10.6. The Hall–Kier alpha value is -3.06. The first-order chi connectivity index (χ1) is 14.8. The zero-order valence-electron chi connectivity index (χ0n) is 18.3. The van der Waals surface area contributed by atoms with Crippen LogP contribution in [-0.2, 0) is 11.3 Å². The van der Waals surface area contributed by atoms with Crippen LogP contribution in [0.1, 0.15) is 20.8 Å². The van der Waals surface area contributed by atoms with E-state index in [0.29, 0.717) is 5.69 Å². The molecule has 1 aromatic carbocycles. The molecular formula is C24H28FN5O. The summed E-state index contributed by atoms with van der Waals surface area (Å²) in [5, 5.41) is 0. The van der Waals surface area contributed by atoms with Crippen molar-refractivity contribution in [2.75, 3.05) is 26.2 Å². The first-order valence-corrected chi connectivity index (χ1v) is 10.6. The lowest BCUT2D eigenvalue weighted by Crippen LogP contribution is -2.55. The van der Waals surface area contributed by atoms with Gasteiger partial charge in [-0.15, -0.1) is 0 Å². The van der Waals surface area contributed by atoms with Crippen LogP contribution in [0.4, 0.5) is 4.39 Å². The number of carbonyl (C=O) groups excluding carboxylic acids is 1. The van der Waals surface area contributed by atoms with Crippen LogP contribution in [0.3, 0.4) is 0 Å². The second kappa shape index (κ2) is 8.59. The van der Waals surface area contributed by atoms with E-state index in [1.807, 2.05) is 21.6 Å². The fraction of sp³-hybridized carbons (Fsp3) is 0.375. The first kappa shape index (κ1) is 21.2. The lowest BCUT2D eigenvalue weighted by atomic mass is 10.0. The minimum Gasteiger partial charge on any atom is -0.339 e. The summed E-state index contributed by atoms with van der Waals surface area (Å²) in [7, 11) is 0. The summed E-state index contributed by atoms with van der Waals surface area (Å²) in [6.07, 6.45) is 5.15. The molecule has 0 atom stereocenters. The number of benzene rings is 1. The zero-order chi connectivity index (χ0) is 22.0. The third-order valence-electron chi connectivity index (χ3n) is 5.78. The van der Waals surface area contributed by atoms with Crippen molar-refractivity contribution in [1.29, 1.82) is 0 Å². The minimum absolute atomic E-state index is 0.0711. The van der Waals surface area contributed by atoms with E-state index in [4.69, 9.17) is 0 Å². The van der Waals surface area contributed by atoms with E-state index < -0.39 is 0 Å². The third kappa shape index (κ3) is 4.66. The number of pyridine rings is 1. The van der Waals surface area contributed by atoms with Crippen molar-refractivity contribution in [3.8, 4) is 22.5 Å². The largest absolute Gasteiger partial charge is 0.339 e. The summed E-state index contributed by atoms with van der Waals surface area (Å²) >= 11 is 0. The number of carbonyl (C=O) groups is 1. The molecule has 31 heavy (non-hydrogen) atoms. The third-order valence-corrected chi connectivity index (χ3v) is 5.78. The number of amides is 1. The van der Waals surface area contributed by atoms with E-state index in [1.165, 1.54) is 12.1 Å². The summed E-state index contributed by atoms with van der Waals surface area (Å²) in [4.78, 5) is 26.2. The van der Waals surface area contributed by atoms with E-state index >= 15 is 0 Å². The molecule has 0 radical (unpaired) electrons. The van der Waals surface area contributed by atoms with Crippen molar-refractivity contribution in [3.63, 3.8) is 0 Å². The van der Waals surface area contributed by atoms with Crippen LogP contribution in [0.15, 0.2) is 55.1 Å². The number of nitrogens with zero attached hydrogens (tertiary/aromatic N) is 5. The maximum atomic E-state index is 13.4. The van der Waals surface area contributed by atoms with Gasteiger partial charge in [-0.3, -0.25) is 14.7 Å². The van der Waals surface area contributed by atoms with Crippen LogP contribution in [-0.4, -0.2) is 62.0 Å². The molecule has 3 heterocycles. The Morgan fingerprint density at radius 2 is 1.74 bits per heavy atom. The average Bonchev–Trinajstić information content (AvgIpc) is 3.17. The molecule has 0 saturated carbocycles. The molecule has 6 nitrogen and oxygen atoms in total. The standard InChI is InChI=1S/C24H28FN5O/c1-24(2,3)30-13-11-28(12-14-30)21(31)16-29-17-27-22(18-6-8-20(25)9-7-18)23(29)19-5-4-10-26-15-19/h4-10,15,17H,11-14,16H2,1-3H3. The number of piperazine rings is 1. The zero-order valence-corrected chi connectivity index (χ0v) is 18.3. The molecule has 0 spiro atoms. The van der Waals surface area contributed by atoms with Crippen molar-refractivity contribution in [2.24, 2.45) is 0 Å². The number of hydrogen-bond donors (Lipinski definition) is 0. The Labute approximate surface area is 182 Å². The number of rotatable bonds is 4. The van der Waals surface area contributed by atoms with Gasteiger partial charge in [-0.1, -0.05) is 0 Å². The highest BCUT2D eigenvalue weighted by Crippen LogP contribution is 2.31. The van der Waals surface area contributed by atoms with Crippen molar-refractivity contribution in [3.05, 3.63) is 60.9 Å². The van der Waals surface area contributed by atoms with Crippen molar-refractivity contribution >= 4 is 5.91 Å². The molecule has 3 aromatic rings. The topological polar surface area (TPSA) is 54.3 Å². The average molecular weight is 422 g/mol. The molecule has 7 heteroatoms. The van der Waals surface area contributed by atoms with Gasteiger partial charge in [0.2, 0.25) is 5.91 Å². The monoisotopic (exact) mass is 421 g/mol. The Balaban J connectivity index is 1.59. The fourth-order valence-corrected chi connectivity index (χ4v) is 4.00. The van der Waals surface area contributed by atoms with E-state index in [9.17, 15) is 9.18 Å². The van der Waals surface area contributed by atoms with Gasteiger partial charge in [0.1, 0.15) is 12.4 Å². The summed E-state index contributed by atoms with van der Waals surface area (Å²) in [5.74, 6) is -0.225. The van der Waals surface area contributed by atoms with Crippen LogP contribution in [0.5, 0.6) is 0 Å². The summed E-state index contributed by atoms with van der Waals surface area (Å²) in [5.41, 5.74) is 3.28. The maximum Gasteiger partial charge on any atom is 0.242 e. The number of aromatic nitrogens is 3. The lowest BCUT2D eigenvalue weighted by molar-refractivity contribution is -0.134. The number of imidazole rings is 1. The van der Waals surface area contributed by atoms with Gasteiger partial charge in [-0.25, -0.2) is 9.37 Å². The van der Waals surface area contributed by atoms with E-state index in [-0.39, 0.29) is 23.8 Å². The predicted octanol–water partition coefficient (Wildman–Crippen LogP) is 3.69. The van der Waals surface area contributed by atoms with Crippen LogP contribution < -0.4 is 0 Å². The molecule has 1 amide bonds. The quantitative estimate of drug-likeness (QED) is 0.645. The fourth-order valence-electron chi connectivity index (χ4n) is 4.00. The second-order valence-corrected chi connectivity index (χ2v) is 8.86. The molecule has 0 aliphatic carbocycles. The lowest BCUT2D eigenvalue weighted by Gasteiger charge is -2.42. The van der Waals surface area contributed by atoms with Crippen molar-refractivity contribution in [2.45, 2.75) is 32.9 Å². The second-order valence-electron chi connectivity index (χ2n) is 8.86. The van der Waals surface area contributed by atoms with E-state index in [0.717, 1.165) is 43.0 Å². The van der Waals surface area contributed by atoms with Gasteiger partial charge in [0.05, 0.1) is 17.7 Å². The Morgan fingerprint density at radius 1 is 1.03 bits per heavy atom. The summed E-state index contributed by atoms with van der Waals surface area (Å²) in [6, 6.07) is 10.0. The van der Waals surface area contributed by atoms with Crippen LogP contribution in [0.2, 0.25) is 0 Å². The number of halogens is 1. The SMILES string of the molecule is CC(C)(C)N1CCN(C(=O)Cn2cnc(-c3ccc(F)cc3)c2-c2cccnc2)CC1. The van der Waals surface area contributed by atoms with Crippen LogP contribution in [0.25, 0.3) is 22.5 Å². The highest BCUT2D eigenvalue weighted by atomic mass is 19.1. The molecule has 2 aromatic heterocycles. The molecule has 0 unspecified atom stereocenters. The smallest absolute Gasteiger partial charge is 0.242 e. The van der Waals surface area contributed by atoms with Gasteiger partial charge in [0.25, 0.3) is 0 Å².